The van der Waals surface area contributed by atoms with Crippen LogP contribution in [0.3, 0.4) is 0 Å². The molecular formula is C45H62N4O4. The van der Waals surface area contributed by atoms with E-state index in [1.54, 1.807) is 0 Å². The van der Waals surface area contributed by atoms with E-state index < -0.39 is 17.4 Å². The Labute approximate surface area is 316 Å². The maximum absolute atomic E-state index is 11.8. The highest BCUT2D eigenvalue weighted by Crippen LogP contribution is 2.72. The van der Waals surface area contributed by atoms with Crippen molar-refractivity contribution < 1.29 is 19.7 Å². The van der Waals surface area contributed by atoms with Gasteiger partial charge in [0.15, 0.2) is 5.72 Å². The molecule has 10 atom stereocenters. The van der Waals surface area contributed by atoms with Crippen molar-refractivity contribution in [2.24, 2.45) is 11.8 Å². The fraction of sp³-hybridized carbons (Fsp3) is 0.644. The van der Waals surface area contributed by atoms with Crippen molar-refractivity contribution in [3.63, 3.8) is 0 Å². The van der Waals surface area contributed by atoms with Gasteiger partial charge < -0.3 is 29.6 Å². The van der Waals surface area contributed by atoms with Gasteiger partial charge in [-0.2, -0.15) is 0 Å². The lowest BCUT2D eigenvalue weighted by molar-refractivity contribution is -0.0584. The lowest BCUT2D eigenvalue weighted by atomic mass is 9.58. The first kappa shape index (κ1) is 35.8. The number of nitrogens with one attached hydrogen (secondary N) is 1. The number of likely N-dealkylation sites (N-methyl/N-ethyl adjacent to an activating group) is 1. The molecule has 2 aromatic carbocycles. The molecule has 8 heteroatoms. The summed E-state index contributed by atoms with van der Waals surface area (Å²) in [6.07, 6.45) is 13.7. The minimum absolute atomic E-state index is 0.0528. The number of ether oxygens (including phenoxy) is 2. The van der Waals surface area contributed by atoms with E-state index in [1.807, 2.05) is 21.0 Å². The summed E-state index contributed by atoms with van der Waals surface area (Å²) >= 11 is 0. The minimum atomic E-state index is -0.670. The molecule has 2 aliphatic carbocycles. The Morgan fingerprint density at radius 3 is 2.55 bits per heavy atom. The van der Waals surface area contributed by atoms with Crippen LogP contribution < -0.4 is 9.64 Å². The number of hydrogen-bond acceptors (Lipinski definition) is 7. The van der Waals surface area contributed by atoms with Gasteiger partial charge in [-0.1, -0.05) is 77.3 Å². The van der Waals surface area contributed by atoms with Crippen LogP contribution >= 0.6 is 0 Å². The summed E-state index contributed by atoms with van der Waals surface area (Å²) < 4.78 is 13.2. The van der Waals surface area contributed by atoms with Crippen molar-refractivity contribution in [3.05, 3.63) is 70.9 Å². The number of aliphatic hydroxyl groups is 2. The highest BCUT2D eigenvalue weighted by Gasteiger charge is 2.85. The van der Waals surface area contributed by atoms with Crippen LogP contribution in [0.15, 0.2) is 48.6 Å². The third kappa shape index (κ3) is 4.90. The Bertz CT molecular complexity index is 1900. The Kier molecular flexibility index (Phi) is 8.67. The van der Waals surface area contributed by atoms with Gasteiger partial charge in [0.05, 0.1) is 24.2 Å². The molecule has 11 rings (SSSR count). The van der Waals surface area contributed by atoms with Crippen molar-refractivity contribution >= 4 is 16.6 Å². The summed E-state index contributed by atoms with van der Waals surface area (Å²) in [6.45, 7) is 13.1. The first-order valence-electron chi connectivity index (χ1n) is 21.0. The van der Waals surface area contributed by atoms with Crippen LogP contribution in [0.25, 0.3) is 10.9 Å². The number of aromatic amines is 1. The molecule has 6 aliphatic heterocycles. The van der Waals surface area contributed by atoms with Crippen LogP contribution in [0.1, 0.15) is 101 Å². The monoisotopic (exact) mass is 722 g/mol. The maximum Gasteiger partial charge on any atom is 0.182 e. The standard InChI is InChI=1S/C40H50N4O4.C3H6.C2H6/c1-5-37(46)20-24-21-38(6-2,34-26(13-16-43(22-24)23-37)25-10-7-8-12-30(25)41-34)29-18-28-31(19-32(29)47-4)42(3)40-36(48-40)33(45)27-11-9-15-44-17-14-39(28,40)35(27)44;1-2-3-1;1-2/h7-12,18-19,24,27,33,35-36,41,45-46H,5-6,13-17,20-23H2,1-4H3;1-3H2;1-2H3/t24?,27?,33?,35?,36?,37?,38-,39?,40?;;/m1../s1. The second kappa shape index (κ2) is 12.8. The molecule has 3 aromatic rings. The van der Waals surface area contributed by atoms with Gasteiger partial charge in [-0.25, -0.2) is 0 Å². The van der Waals surface area contributed by atoms with Crippen molar-refractivity contribution in [3.8, 4) is 5.75 Å². The lowest BCUT2D eigenvalue weighted by Gasteiger charge is -2.49. The first-order chi connectivity index (χ1) is 25.7. The molecule has 2 spiro atoms. The van der Waals surface area contributed by atoms with Gasteiger partial charge in [0.1, 0.15) is 11.9 Å². The number of aromatic nitrogens is 1. The number of aliphatic hydroxyl groups excluding tert-OH is 1. The van der Waals surface area contributed by atoms with Crippen LogP contribution in [0.5, 0.6) is 5.75 Å². The average molecular weight is 723 g/mol. The molecular weight excluding hydrogens is 661 g/mol. The Hall–Kier alpha value is -2.88. The lowest BCUT2D eigenvalue weighted by Crippen LogP contribution is -2.65. The van der Waals surface area contributed by atoms with Gasteiger partial charge in [-0.05, 0) is 74.2 Å². The zero-order valence-corrected chi connectivity index (χ0v) is 33.0. The van der Waals surface area contributed by atoms with E-state index in [9.17, 15) is 10.2 Å². The Morgan fingerprint density at radius 2 is 1.81 bits per heavy atom. The molecule has 8 aliphatic rings. The van der Waals surface area contributed by atoms with Crippen molar-refractivity contribution in [2.75, 3.05) is 51.8 Å². The van der Waals surface area contributed by atoms with Gasteiger partial charge in [-0.15, -0.1) is 0 Å². The molecule has 3 N–H and O–H groups in total. The predicted molar refractivity (Wildman–Crippen MR) is 212 cm³/mol. The Morgan fingerprint density at radius 1 is 1.02 bits per heavy atom. The van der Waals surface area contributed by atoms with Crippen molar-refractivity contribution in [2.45, 2.75) is 126 Å². The van der Waals surface area contributed by atoms with E-state index in [4.69, 9.17) is 9.47 Å². The highest BCUT2D eigenvalue weighted by atomic mass is 16.6. The molecule has 0 radical (unpaired) electrons. The van der Waals surface area contributed by atoms with E-state index in [-0.39, 0.29) is 28.9 Å². The summed E-state index contributed by atoms with van der Waals surface area (Å²) in [4.78, 5) is 11.5. The van der Waals surface area contributed by atoms with E-state index in [0.29, 0.717) is 5.92 Å². The molecule has 3 saturated heterocycles. The number of rotatable bonds is 4. The summed E-state index contributed by atoms with van der Waals surface area (Å²) in [5.74, 6) is 1.31. The SMILES string of the molecule is C1CC1.CC.CCC1(O)CC2CN(CCc3c([nH]c4ccccc34)[C@@](CC)(c3cc4c(cc3OC)N(C)C35OC3C(O)C3C=CCN6CCC45C36)C2)C1. The molecule has 2 saturated carbocycles. The van der Waals surface area contributed by atoms with Gasteiger partial charge in [0.25, 0.3) is 0 Å². The molecule has 8 nitrogen and oxygen atoms in total. The molecule has 5 fully saturated rings. The average Bonchev–Trinajstić information content (AvgIpc) is 4.12. The zero-order chi connectivity index (χ0) is 36.9. The molecule has 286 valence electrons. The van der Waals surface area contributed by atoms with Gasteiger partial charge in [0, 0.05) is 84.5 Å². The van der Waals surface area contributed by atoms with E-state index in [1.165, 1.54) is 58.2 Å². The molecule has 7 heterocycles. The maximum atomic E-state index is 11.8. The number of piperidine rings is 1. The molecule has 9 unspecified atom stereocenters. The largest absolute Gasteiger partial charge is 0.496 e. The van der Waals surface area contributed by atoms with E-state index in [0.717, 1.165) is 77.0 Å². The number of epoxide rings is 1. The third-order valence-electron chi connectivity index (χ3n) is 14.8. The van der Waals surface area contributed by atoms with E-state index >= 15 is 0 Å². The van der Waals surface area contributed by atoms with E-state index in [2.05, 4.69) is 89.1 Å². The molecule has 0 amide bonds. The zero-order valence-electron chi connectivity index (χ0n) is 33.0. The summed E-state index contributed by atoms with van der Waals surface area (Å²) in [6, 6.07) is 13.8. The van der Waals surface area contributed by atoms with Crippen LogP contribution in [-0.4, -0.2) is 101 Å². The topological polar surface area (TPSA) is 87.7 Å². The van der Waals surface area contributed by atoms with Gasteiger partial charge in [0.2, 0.25) is 0 Å². The van der Waals surface area contributed by atoms with Crippen molar-refractivity contribution in [1.29, 1.82) is 0 Å². The Balaban J connectivity index is 0.000000700. The number of para-hydroxylation sites is 1. The summed E-state index contributed by atoms with van der Waals surface area (Å²) in [7, 11) is 4.00. The quantitative estimate of drug-likeness (QED) is 0.200. The highest BCUT2D eigenvalue weighted by molar-refractivity contribution is 5.86. The number of anilines is 1. The number of fused-ring (bicyclic) bond motifs is 6. The van der Waals surface area contributed by atoms with Crippen LogP contribution in [-0.2, 0) is 22.0 Å². The smallest absolute Gasteiger partial charge is 0.182 e. The van der Waals surface area contributed by atoms with Crippen molar-refractivity contribution in [1.82, 2.24) is 14.8 Å². The molecule has 1 aromatic heterocycles. The van der Waals surface area contributed by atoms with Crippen LogP contribution in [0.2, 0.25) is 0 Å². The fourth-order valence-electron chi connectivity index (χ4n) is 12.4. The first-order valence-corrected chi connectivity index (χ1v) is 21.0. The normalized spacial score (nSPS) is 39.7. The van der Waals surface area contributed by atoms with Gasteiger partial charge in [-0.3, -0.25) is 9.80 Å². The predicted octanol–water partition coefficient (Wildman–Crippen LogP) is 6.90. The molecule has 53 heavy (non-hydrogen) atoms. The number of H-pyrrole nitrogens is 1. The summed E-state index contributed by atoms with van der Waals surface area (Å²) in [5.41, 5.74) is 5.92. The van der Waals surface area contributed by atoms with Crippen LogP contribution in [0, 0.1) is 11.8 Å². The molecule has 2 bridgehead atoms. The van der Waals surface area contributed by atoms with Gasteiger partial charge >= 0.3 is 0 Å². The third-order valence-corrected chi connectivity index (χ3v) is 14.8. The number of hydrogen-bond donors (Lipinski definition) is 3. The number of benzene rings is 2. The fourth-order valence-corrected chi connectivity index (χ4v) is 12.4. The number of methoxy groups -OCH3 is 1. The van der Waals surface area contributed by atoms with Crippen LogP contribution in [0.4, 0.5) is 5.69 Å². The second-order valence-electron chi connectivity index (χ2n) is 17.4. The minimum Gasteiger partial charge on any atom is -0.496 e. The second-order valence-corrected chi connectivity index (χ2v) is 17.4. The number of nitrogens with zero attached hydrogens (tertiary/aromatic N) is 3. The summed E-state index contributed by atoms with van der Waals surface area (Å²) in [5, 5.41) is 24.8.